The van der Waals surface area contributed by atoms with Crippen LogP contribution in [0.1, 0.15) is 42.9 Å². The molecule has 5 rings (SSSR count). The third-order valence-corrected chi connectivity index (χ3v) is 7.75. The van der Waals surface area contributed by atoms with E-state index in [-0.39, 0.29) is 18.2 Å². The number of carbonyl (C=O) groups excluding carboxylic acids is 2. The molecule has 1 saturated heterocycles. The zero-order chi connectivity index (χ0) is 25.5. The summed E-state index contributed by atoms with van der Waals surface area (Å²) < 4.78 is 1.75. The molecule has 1 N–H and O–H groups in total. The first-order valence-corrected chi connectivity index (χ1v) is 13.6. The molecule has 0 radical (unpaired) electrons. The van der Waals surface area contributed by atoms with Crippen LogP contribution >= 0.6 is 0 Å². The summed E-state index contributed by atoms with van der Waals surface area (Å²) in [5.41, 5.74) is 3.56. The predicted octanol–water partition coefficient (Wildman–Crippen LogP) is 3.86. The minimum atomic E-state index is -0.600. The number of imidazole rings is 1. The molecular weight excluding hydrogens is 462 g/mol. The number of nitrogens with one attached hydrogen (secondary N) is 1. The third-order valence-electron chi connectivity index (χ3n) is 7.75. The van der Waals surface area contributed by atoms with Crippen molar-refractivity contribution in [3.05, 3.63) is 84.4 Å². The van der Waals surface area contributed by atoms with Crippen molar-refractivity contribution in [3.8, 4) is 0 Å². The Morgan fingerprint density at radius 2 is 1.78 bits per heavy atom. The van der Waals surface area contributed by atoms with Gasteiger partial charge in [-0.1, -0.05) is 48.5 Å². The molecule has 2 aliphatic rings. The van der Waals surface area contributed by atoms with E-state index in [0.717, 1.165) is 44.1 Å². The molecule has 1 aromatic heterocycles. The largest absolute Gasteiger partial charge is 0.356 e. The molecule has 37 heavy (non-hydrogen) atoms. The van der Waals surface area contributed by atoms with Gasteiger partial charge in [0.25, 0.3) is 5.91 Å². The molecule has 0 bridgehead atoms. The molecule has 2 amide bonds. The fourth-order valence-corrected chi connectivity index (χ4v) is 5.66. The summed E-state index contributed by atoms with van der Waals surface area (Å²) in [5.74, 6) is 0.608. The van der Waals surface area contributed by atoms with Gasteiger partial charge in [0.05, 0.1) is 12.7 Å². The predicted molar refractivity (Wildman–Crippen MR) is 145 cm³/mol. The number of anilines is 1. The number of likely N-dealkylation sites (tertiary alicyclic amines) is 1. The van der Waals surface area contributed by atoms with Gasteiger partial charge in [0.1, 0.15) is 6.04 Å². The van der Waals surface area contributed by atoms with Crippen molar-refractivity contribution in [2.24, 2.45) is 5.92 Å². The maximum atomic E-state index is 13.5. The van der Waals surface area contributed by atoms with Crippen LogP contribution in [0.4, 0.5) is 5.69 Å². The number of rotatable bonds is 10. The van der Waals surface area contributed by atoms with Gasteiger partial charge in [0, 0.05) is 31.2 Å². The first kappa shape index (κ1) is 25.2. The summed E-state index contributed by atoms with van der Waals surface area (Å²) in [5, 5.41) is 3.05. The van der Waals surface area contributed by atoms with Gasteiger partial charge in [-0.25, -0.2) is 4.98 Å². The van der Waals surface area contributed by atoms with Gasteiger partial charge in [-0.05, 0) is 74.8 Å². The van der Waals surface area contributed by atoms with E-state index in [1.807, 2.05) is 23.1 Å². The number of aromatic nitrogens is 2. The second kappa shape index (κ2) is 12.2. The van der Waals surface area contributed by atoms with Gasteiger partial charge in [-0.3, -0.25) is 9.59 Å². The highest BCUT2D eigenvalue weighted by Gasteiger charge is 2.32. The lowest BCUT2D eigenvalue weighted by Crippen LogP contribution is -2.39. The normalized spacial score (nSPS) is 16.9. The number of para-hydroxylation sites is 1. The van der Waals surface area contributed by atoms with Crippen LogP contribution in [0.25, 0.3) is 0 Å². The van der Waals surface area contributed by atoms with E-state index in [4.69, 9.17) is 0 Å². The first-order chi connectivity index (χ1) is 18.2. The highest BCUT2D eigenvalue weighted by Crippen LogP contribution is 2.30. The summed E-state index contributed by atoms with van der Waals surface area (Å²) in [6.07, 6.45) is 10.5. The highest BCUT2D eigenvalue weighted by molar-refractivity contribution is 6.00. The topological polar surface area (TPSA) is 70.5 Å². The Bertz CT molecular complexity index is 1160. The molecule has 0 spiro atoms. The second-order valence-corrected chi connectivity index (χ2v) is 10.3. The van der Waals surface area contributed by atoms with Crippen molar-refractivity contribution in [2.75, 3.05) is 37.6 Å². The molecule has 0 unspecified atom stereocenters. The van der Waals surface area contributed by atoms with E-state index in [1.54, 1.807) is 23.3 Å². The number of piperidine rings is 1. The Kier molecular flexibility index (Phi) is 8.31. The van der Waals surface area contributed by atoms with Crippen molar-refractivity contribution >= 4 is 17.5 Å². The van der Waals surface area contributed by atoms with Gasteiger partial charge >= 0.3 is 0 Å². The van der Waals surface area contributed by atoms with Gasteiger partial charge in [0.15, 0.2) is 0 Å². The van der Waals surface area contributed by atoms with Crippen LogP contribution in [0.5, 0.6) is 0 Å². The van der Waals surface area contributed by atoms with Gasteiger partial charge < -0.3 is 19.7 Å². The van der Waals surface area contributed by atoms with Crippen molar-refractivity contribution < 1.29 is 9.59 Å². The van der Waals surface area contributed by atoms with Gasteiger partial charge in [-0.2, -0.15) is 0 Å². The van der Waals surface area contributed by atoms with Crippen LogP contribution in [0.15, 0.2) is 73.3 Å². The SMILES string of the molecule is O=C(C[C@@H](C(=O)N1CCc2ccccc21)n1ccnc1)NCCCN1CCC(Cc2ccccc2)CC1. The number of carbonyl (C=O) groups is 2. The number of hydrogen-bond acceptors (Lipinski definition) is 4. The van der Waals surface area contributed by atoms with Crippen LogP contribution in [0, 0.1) is 5.92 Å². The quantitative estimate of drug-likeness (QED) is 0.430. The lowest BCUT2D eigenvalue weighted by Gasteiger charge is -2.32. The first-order valence-electron chi connectivity index (χ1n) is 13.6. The standard InChI is InChI=1S/C30H37N5O2/c36-29(32-14-6-16-33-17-11-25(12-18-33)21-24-7-2-1-3-8-24)22-28(34-20-15-31-23-34)30(37)35-19-13-26-9-4-5-10-27(26)35/h1-5,7-10,15,20,23,25,28H,6,11-14,16-19,21-22H2,(H,32,36)/t28-/m0/s1. The zero-order valence-electron chi connectivity index (χ0n) is 21.5. The highest BCUT2D eigenvalue weighted by atomic mass is 16.2. The molecule has 0 saturated carbocycles. The minimum Gasteiger partial charge on any atom is -0.356 e. The van der Waals surface area contributed by atoms with Crippen LogP contribution in [-0.4, -0.2) is 59.0 Å². The maximum Gasteiger partial charge on any atom is 0.250 e. The van der Waals surface area contributed by atoms with E-state index in [0.29, 0.717) is 13.1 Å². The Hall–Kier alpha value is -3.45. The van der Waals surface area contributed by atoms with E-state index in [2.05, 4.69) is 51.6 Å². The monoisotopic (exact) mass is 499 g/mol. The number of hydrogen-bond donors (Lipinski definition) is 1. The lowest BCUT2D eigenvalue weighted by atomic mass is 9.90. The van der Waals surface area contributed by atoms with E-state index >= 15 is 0 Å². The smallest absolute Gasteiger partial charge is 0.250 e. The molecule has 1 fully saturated rings. The summed E-state index contributed by atoms with van der Waals surface area (Å²) in [7, 11) is 0. The number of fused-ring (bicyclic) bond motifs is 1. The average Bonchev–Trinajstić information content (AvgIpc) is 3.61. The van der Waals surface area contributed by atoms with Crippen molar-refractivity contribution in [1.82, 2.24) is 19.8 Å². The summed E-state index contributed by atoms with van der Waals surface area (Å²) >= 11 is 0. The summed E-state index contributed by atoms with van der Waals surface area (Å²) in [4.78, 5) is 34.8. The molecule has 7 heteroatoms. The van der Waals surface area contributed by atoms with E-state index < -0.39 is 6.04 Å². The molecule has 3 aromatic rings. The second-order valence-electron chi connectivity index (χ2n) is 10.3. The number of nitrogens with zero attached hydrogens (tertiary/aromatic N) is 4. The van der Waals surface area contributed by atoms with Gasteiger partial charge in [-0.15, -0.1) is 0 Å². The van der Waals surface area contributed by atoms with Crippen molar-refractivity contribution in [2.45, 2.75) is 44.6 Å². The molecular formula is C30H37N5O2. The van der Waals surface area contributed by atoms with E-state index in [1.165, 1.54) is 30.4 Å². The van der Waals surface area contributed by atoms with Crippen molar-refractivity contribution in [3.63, 3.8) is 0 Å². The minimum absolute atomic E-state index is 0.0588. The Morgan fingerprint density at radius 3 is 2.57 bits per heavy atom. The fraction of sp³-hybridized carbons (Fsp3) is 0.433. The average molecular weight is 500 g/mol. The Labute approximate surface area is 219 Å². The van der Waals surface area contributed by atoms with Crippen LogP contribution < -0.4 is 10.2 Å². The third kappa shape index (κ3) is 6.46. The number of amides is 2. The van der Waals surface area contributed by atoms with Crippen LogP contribution in [0.3, 0.4) is 0 Å². The van der Waals surface area contributed by atoms with Crippen molar-refractivity contribution in [1.29, 1.82) is 0 Å². The molecule has 3 heterocycles. The maximum absolute atomic E-state index is 13.5. The molecule has 7 nitrogen and oxygen atoms in total. The van der Waals surface area contributed by atoms with Gasteiger partial charge in [0.2, 0.25) is 5.91 Å². The van der Waals surface area contributed by atoms with E-state index in [9.17, 15) is 9.59 Å². The Morgan fingerprint density at radius 1 is 1.00 bits per heavy atom. The molecule has 2 aromatic carbocycles. The number of benzene rings is 2. The molecule has 2 aliphatic heterocycles. The van der Waals surface area contributed by atoms with Crippen LogP contribution in [0.2, 0.25) is 0 Å². The molecule has 194 valence electrons. The lowest BCUT2D eigenvalue weighted by molar-refractivity contribution is -0.128. The zero-order valence-corrected chi connectivity index (χ0v) is 21.5. The molecule has 0 aliphatic carbocycles. The summed E-state index contributed by atoms with van der Waals surface area (Å²) in [6.45, 7) is 4.51. The molecule has 1 atom stereocenters. The van der Waals surface area contributed by atoms with Crippen LogP contribution in [-0.2, 0) is 22.4 Å². The Balaban J connectivity index is 1.06. The summed E-state index contributed by atoms with van der Waals surface area (Å²) in [6, 6.07) is 18.2. The fourth-order valence-electron chi connectivity index (χ4n) is 5.66.